The van der Waals surface area contributed by atoms with E-state index in [2.05, 4.69) is 6.58 Å². The summed E-state index contributed by atoms with van der Waals surface area (Å²) in [5.74, 6) is -1.18. The zero-order chi connectivity index (χ0) is 13.9. The number of nitrogens with zero attached hydrogens (tertiary/aromatic N) is 1. The molecule has 0 bridgehead atoms. The lowest BCUT2D eigenvalue weighted by molar-refractivity contribution is -0.145. The SMILES string of the molecule is C=CCC1(F)CCCN(C(=O)c2ccccc2)C1=O. The predicted molar refractivity (Wildman–Crippen MR) is 70.4 cm³/mol. The third-order valence-electron chi connectivity index (χ3n) is 3.32. The minimum atomic E-state index is -1.98. The molecule has 0 spiro atoms. The predicted octanol–water partition coefficient (Wildman–Crippen LogP) is 2.73. The molecule has 19 heavy (non-hydrogen) atoms. The summed E-state index contributed by atoms with van der Waals surface area (Å²) < 4.78 is 14.5. The maximum atomic E-state index is 14.5. The highest BCUT2D eigenvalue weighted by Crippen LogP contribution is 2.31. The summed E-state index contributed by atoms with van der Waals surface area (Å²) >= 11 is 0. The van der Waals surface area contributed by atoms with Gasteiger partial charge < -0.3 is 0 Å². The summed E-state index contributed by atoms with van der Waals surface area (Å²) in [7, 11) is 0. The van der Waals surface area contributed by atoms with E-state index in [4.69, 9.17) is 0 Å². The van der Waals surface area contributed by atoms with Gasteiger partial charge in [0.1, 0.15) is 0 Å². The summed E-state index contributed by atoms with van der Waals surface area (Å²) in [6.45, 7) is 3.74. The van der Waals surface area contributed by atoms with Gasteiger partial charge in [-0.05, 0) is 25.0 Å². The van der Waals surface area contributed by atoms with Crippen molar-refractivity contribution in [2.24, 2.45) is 0 Å². The molecule has 2 rings (SSSR count). The fourth-order valence-corrected chi connectivity index (χ4v) is 2.32. The highest BCUT2D eigenvalue weighted by molar-refractivity contribution is 6.07. The number of hydrogen-bond acceptors (Lipinski definition) is 2. The van der Waals surface area contributed by atoms with Crippen molar-refractivity contribution in [1.29, 1.82) is 0 Å². The molecule has 0 aromatic heterocycles. The Labute approximate surface area is 111 Å². The van der Waals surface area contributed by atoms with Crippen molar-refractivity contribution in [3.8, 4) is 0 Å². The lowest BCUT2D eigenvalue weighted by atomic mass is 9.90. The van der Waals surface area contributed by atoms with Crippen molar-refractivity contribution in [2.75, 3.05) is 6.54 Å². The average Bonchev–Trinajstić information content (AvgIpc) is 2.43. The number of likely N-dealkylation sites (tertiary alicyclic amines) is 1. The van der Waals surface area contributed by atoms with Crippen LogP contribution in [0, 0.1) is 0 Å². The van der Waals surface area contributed by atoms with Gasteiger partial charge in [-0.2, -0.15) is 0 Å². The van der Waals surface area contributed by atoms with E-state index in [9.17, 15) is 14.0 Å². The first-order valence-electron chi connectivity index (χ1n) is 6.29. The molecule has 0 saturated carbocycles. The summed E-state index contributed by atoms with van der Waals surface area (Å²) in [5, 5.41) is 0. The van der Waals surface area contributed by atoms with Crippen LogP contribution in [0.3, 0.4) is 0 Å². The Hall–Kier alpha value is -1.97. The Morgan fingerprint density at radius 1 is 1.42 bits per heavy atom. The first-order chi connectivity index (χ1) is 9.08. The molecule has 1 aliphatic heterocycles. The van der Waals surface area contributed by atoms with Crippen LogP contribution in [0.2, 0.25) is 0 Å². The Bertz CT molecular complexity index is 500. The average molecular weight is 261 g/mol. The van der Waals surface area contributed by atoms with Crippen LogP contribution in [0.4, 0.5) is 4.39 Å². The highest BCUT2D eigenvalue weighted by Gasteiger charge is 2.45. The van der Waals surface area contributed by atoms with Gasteiger partial charge >= 0.3 is 0 Å². The van der Waals surface area contributed by atoms with Crippen LogP contribution in [-0.4, -0.2) is 28.9 Å². The number of alkyl halides is 1. The van der Waals surface area contributed by atoms with E-state index in [1.54, 1.807) is 30.3 Å². The van der Waals surface area contributed by atoms with E-state index < -0.39 is 17.5 Å². The second-order valence-corrected chi connectivity index (χ2v) is 4.69. The monoisotopic (exact) mass is 261 g/mol. The molecule has 3 nitrogen and oxygen atoms in total. The van der Waals surface area contributed by atoms with Gasteiger partial charge in [0.25, 0.3) is 11.8 Å². The Balaban J connectivity index is 2.23. The molecule has 1 fully saturated rings. The number of imide groups is 1. The molecule has 1 heterocycles. The number of piperidine rings is 1. The van der Waals surface area contributed by atoms with Gasteiger partial charge in [0.2, 0.25) is 0 Å². The van der Waals surface area contributed by atoms with Gasteiger partial charge in [0.15, 0.2) is 5.67 Å². The fourth-order valence-electron chi connectivity index (χ4n) is 2.32. The molecule has 1 aromatic rings. The summed E-state index contributed by atoms with van der Waals surface area (Å²) in [6.07, 6.45) is 1.96. The fraction of sp³-hybridized carbons (Fsp3) is 0.333. The van der Waals surface area contributed by atoms with Gasteiger partial charge in [-0.3, -0.25) is 14.5 Å². The van der Waals surface area contributed by atoms with Crippen molar-refractivity contribution in [3.05, 3.63) is 48.6 Å². The normalized spacial score (nSPS) is 23.2. The Kier molecular flexibility index (Phi) is 3.79. The van der Waals surface area contributed by atoms with Gasteiger partial charge in [-0.15, -0.1) is 6.58 Å². The van der Waals surface area contributed by atoms with Crippen molar-refractivity contribution in [2.45, 2.75) is 24.9 Å². The molecule has 100 valence electrons. The number of rotatable bonds is 3. The number of carbonyl (C=O) groups is 2. The smallest absolute Gasteiger partial charge is 0.267 e. The third-order valence-corrected chi connectivity index (χ3v) is 3.32. The standard InChI is InChI=1S/C15H16FNO2/c1-2-9-15(16)10-6-11-17(14(15)19)13(18)12-7-4-3-5-8-12/h2-5,7-8H,1,6,9-11H2. The quantitative estimate of drug-likeness (QED) is 0.619. The largest absolute Gasteiger partial charge is 0.276 e. The van der Waals surface area contributed by atoms with E-state index in [0.29, 0.717) is 12.0 Å². The van der Waals surface area contributed by atoms with Crippen LogP contribution in [0.5, 0.6) is 0 Å². The molecule has 0 aliphatic carbocycles. The van der Waals surface area contributed by atoms with Crippen molar-refractivity contribution in [1.82, 2.24) is 4.90 Å². The van der Waals surface area contributed by atoms with Crippen molar-refractivity contribution < 1.29 is 14.0 Å². The van der Waals surface area contributed by atoms with Crippen LogP contribution < -0.4 is 0 Å². The highest BCUT2D eigenvalue weighted by atomic mass is 19.1. The summed E-state index contributed by atoms with van der Waals surface area (Å²) in [4.78, 5) is 25.4. The van der Waals surface area contributed by atoms with Crippen LogP contribution in [0.25, 0.3) is 0 Å². The molecule has 1 aromatic carbocycles. The topological polar surface area (TPSA) is 37.4 Å². The molecule has 0 N–H and O–H groups in total. The zero-order valence-electron chi connectivity index (χ0n) is 10.6. The molecule has 1 saturated heterocycles. The minimum Gasteiger partial charge on any atom is -0.276 e. The molecule has 1 aliphatic rings. The summed E-state index contributed by atoms with van der Waals surface area (Å²) in [6, 6.07) is 8.46. The van der Waals surface area contributed by atoms with Gasteiger partial charge in [-0.25, -0.2) is 4.39 Å². The van der Waals surface area contributed by atoms with E-state index in [-0.39, 0.29) is 19.4 Å². The minimum absolute atomic E-state index is 0.0512. The molecular formula is C15H16FNO2. The third kappa shape index (κ3) is 2.57. The maximum absolute atomic E-state index is 14.5. The molecule has 1 atom stereocenters. The number of hydrogen-bond donors (Lipinski definition) is 0. The van der Waals surface area contributed by atoms with Gasteiger partial charge in [-0.1, -0.05) is 24.3 Å². The maximum Gasteiger partial charge on any atom is 0.267 e. The lowest BCUT2D eigenvalue weighted by Crippen LogP contribution is -2.52. The van der Waals surface area contributed by atoms with E-state index in [0.717, 1.165) is 4.90 Å². The van der Waals surface area contributed by atoms with Crippen molar-refractivity contribution in [3.63, 3.8) is 0 Å². The Morgan fingerprint density at radius 2 is 2.11 bits per heavy atom. The molecule has 1 unspecified atom stereocenters. The number of halogens is 1. The zero-order valence-corrected chi connectivity index (χ0v) is 10.6. The Morgan fingerprint density at radius 3 is 2.74 bits per heavy atom. The van der Waals surface area contributed by atoms with Gasteiger partial charge in [0, 0.05) is 18.5 Å². The molecule has 2 amide bonds. The number of allylic oxidation sites excluding steroid dienone is 1. The molecule has 0 radical (unpaired) electrons. The molecular weight excluding hydrogens is 245 g/mol. The van der Waals surface area contributed by atoms with E-state index in [1.807, 2.05) is 0 Å². The first-order valence-corrected chi connectivity index (χ1v) is 6.29. The van der Waals surface area contributed by atoms with Crippen LogP contribution >= 0.6 is 0 Å². The second-order valence-electron chi connectivity index (χ2n) is 4.69. The number of carbonyl (C=O) groups excluding carboxylic acids is 2. The second kappa shape index (κ2) is 5.34. The first kappa shape index (κ1) is 13.5. The van der Waals surface area contributed by atoms with Crippen LogP contribution in [0.15, 0.2) is 43.0 Å². The van der Waals surface area contributed by atoms with Crippen LogP contribution in [-0.2, 0) is 4.79 Å². The number of amides is 2. The number of benzene rings is 1. The van der Waals surface area contributed by atoms with E-state index >= 15 is 0 Å². The molecule has 4 heteroatoms. The van der Waals surface area contributed by atoms with E-state index in [1.165, 1.54) is 6.08 Å². The van der Waals surface area contributed by atoms with Crippen molar-refractivity contribution >= 4 is 11.8 Å². The summed E-state index contributed by atoms with van der Waals surface area (Å²) in [5.41, 5.74) is -1.58. The van der Waals surface area contributed by atoms with Gasteiger partial charge in [0.05, 0.1) is 0 Å². The van der Waals surface area contributed by atoms with Crippen LogP contribution in [0.1, 0.15) is 29.6 Å². The lowest BCUT2D eigenvalue weighted by Gasteiger charge is -2.34.